The Hall–Kier alpha value is -0.410. The van der Waals surface area contributed by atoms with E-state index in [-0.39, 0.29) is 0 Å². The third-order valence-corrected chi connectivity index (χ3v) is 4.08. The number of hydrogen-bond donors (Lipinski definition) is 1. The molecule has 90 valence electrons. The first-order chi connectivity index (χ1) is 7.90. The topological polar surface area (TPSA) is 24.9 Å². The summed E-state index contributed by atoms with van der Waals surface area (Å²) in [5.41, 5.74) is 0. The number of thiazole rings is 1. The Kier molecular flexibility index (Phi) is 4.79. The van der Waals surface area contributed by atoms with Crippen LogP contribution >= 0.6 is 11.3 Å². The lowest BCUT2D eigenvalue weighted by molar-refractivity contribution is 0.425. The highest BCUT2D eigenvalue weighted by Crippen LogP contribution is 2.34. The minimum atomic E-state index is 0.778. The highest BCUT2D eigenvalue weighted by atomic mass is 32.1. The minimum Gasteiger partial charge on any atom is -0.314 e. The van der Waals surface area contributed by atoms with Crippen molar-refractivity contribution in [3.63, 3.8) is 0 Å². The molecule has 1 heterocycles. The quantitative estimate of drug-likeness (QED) is 0.752. The molecule has 1 aromatic rings. The largest absolute Gasteiger partial charge is 0.314 e. The number of hydrogen-bond acceptors (Lipinski definition) is 3. The maximum absolute atomic E-state index is 4.33. The second kappa shape index (κ2) is 6.36. The lowest BCUT2D eigenvalue weighted by Gasteiger charge is -2.17. The second-order valence-electron chi connectivity index (χ2n) is 4.72. The fourth-order valence-corrected chi connectivity index (χ4v) is 2.85. The third kappa shape index (κ3) is 3.87. The minimum absolute atomic E-state index is 0.778. The van der Waals surface area contributed by atoms with Crippen LogP contribution in [0.1, 0.15) is 44.0 Å². The van der Waals surface area contributed by atoms with Crippen molar-refractivity contribution in [2.75, 3.05) is 6.54 Å². The van der Waals surface area contributed by atoms with Gasteiger partial charge in [-0.1, -0.05) is 6.92 Å². The predicted molar refractivity (Wildman–Crippen MR) is 69.9 cm³/mol. The molecule has 1 unspecified atom stereocenters. The van der Waals surface area contributed by atoms with Gasteiger partial charge < -0.3 is 5.32 Å². The molecule has 0 bridgehead atoms. The molecule has 1 N–H and O–H groups in total. The molecule has 0 aliphatic heterocycles. The molecule has 1 aromatic heterocycles. The summed E-state index contributed by atoms with van der Waals surface area (Å²) < 4.78 is 0. The summed E-state index contributed by atoms with van der Waals surface area (Å²) in [6, 6.07) is 0.778. The summed E-state index contributed by atoms with van der Waals surface area (Å²) in [5.74, 6) is 0.975. The Morgan fingerprint density at radius 2 is 2.44 bits per heavy atom. The summed E-state index contributed by atoms with van der Waals surface area (Å²) in [5, 5.41) is 7.06. The number of nitrogens with one attached hydrogen (secondary N) is 1. The van der Waals surface area contributed by atoms with E-state index in [1.807, 2.05) is 6.20 Å². The number of nitrogens with zero attached hydrogens (tertiary/aromatic N) is 1. The Labute approximate surface area is 102 Å². The van der Waals surface area contributed by atoms with Gasteiger partial charge >= 0.3 is 0 Å². The molecule has 0 spiro atoms. The van der Waals surface area contributed by atoms with E-state index >= 15 is 0 Å². The molecule has 2 rings (SSSR count). The highest BCUT2D eigenvalue weighted by molar-refractivity contribution is 7.09. The van der Waals surface area contributed by atoms with Gasteiger partial charge in [0.25, 0.3) is 0 Å². The van der Waals surface area contributed by atoms with E-state index in [1.165, 1.54) is 43.7 Å². The number of aryl methyl sites for hydroxylation is 1. The van der Waals surface area contributed by atoms with Crippen LogP contribution in [0.25, 0.3) is 0 Å². The van der Waals surface area contributed by atoms with Crippen molar-refractivity contribution in [1.82, 2.24) is 10.3 Å². The van der Waals surface area contributed by atoms with Crippen LogP contribution in [0.5, 0.6) is 0 Å². The first-order valence-electron chi connectivity index (χ1n) is 6.52. The molecule has 1 fully saturated rings. The number of aromatic nitrogens is 1. The van der Waals surface area contributed by atoms with E-state index in [1.54, 1.807) is 11.3 Å². The molecule has 1 saturated carbocycles. The smallest absolute Gasteiger partial charge is 0.0924 e. The molecule has 1 aliphatic carbocycles. The molecular weight excluding hydrogens is 216 g/mol. The molecule has 1 atom stereocenters. The van der Waals surface area contributed by atoms with E-state index in [0.29, 0.717) is 0 Å². The zero-order chi connectivity index (χ0) is 11.2. The zero-order valence-electron chi connectivity index (χ0n) is 10.1. The van der Waals surface area contributed by atoms with Gasteiger partial charge in [0.05, 0.1) is 5.01 Å². The molecular formula is C13H22N2S. The van der Waals surface area contributed by atoms with E-state index in [0.717, 1.165) is 18.4 Å². The fourth-order valence-electron chi connectivity index (χ4n) is 2.18. The van der Waals surface area contributed by atoms with Gasteiger partial charge in [-0.25, -0.2) is 4.98 Å². The molecule has 1 aliphatic rings. The van der Waals surface area contributed by atoms with Crippen molar-refractivity contribution in [3.8, 4) is 0 Å². The van der Waals surface area contributed by atoms with Crippen LogP contribution in [0.3, 0.4) is 0 Å². The van der Waals surface area contributed by atoms with Crippen LogP contribution in [0.15, 0.2) is 11.6 Å². The molecule has 0 saturated heterocycles. The maximum atomic E-state index is 4.33. The molecule has 0 aromatic carbocycles. The van der Waals surface area contributed by atoms with Crippen LogP contribution in [0.4, 0.5) is 0 Å². The lowest BCUT2D eigenvalue weighted by atomic mass is 10.1. The van der Waals surface area contributed by atoms with Crippen molar-refractivity contribution >= 4 is 11.3 Å². The van der Waals surface area contributed by atoms with E-state index in [9.17, 15) is 0 Å². The predicted octanol–water partition coefficient (Wildman–Crippen LogP) is 3.24. The van der Waals surface area contributed by atoms with E-state index in [4.69, 9.17) is 0 Å². The summed E-state index contributed by atoms with van der Waals surface area (Å²) in [4.78, 5) is 4.33. The van der Waals surface area contributed by atoms with Gasteiger partial charge in [-0.15, -0.1) is 11.3 Å². The summed E-state index contributed by atoms with van der Waals surface area (Å²) in [6.45, 7) is 3.42. The maximum Gasteiger partial charge on any atom is 0.0924 e. The van der Waals surface area contributed by atoms with Gasteiger partial charge in [0.15, 0.2) is 0 Å². The van der Waals surface area contributed by atoms with E-state index < -0.39 is 0 Å². The van der Waals surface area contributed by atoms with Crippen LogP contribution in [0, 0.1) is 5.92 Å². The average Bonchev–Trinajstić information content (AvgIpc) is 3.01. The normalized spacial score (nSPS) is 17.6. The Morgan fingerprint density at radius 1 is 1.56 bits per heavy atom. The lowest BCUT2D eigenvalue weighted by Crippen LogP contribution is -2.31. The average molecular weight is 238 g/mol. The van der Waals surface area contributed by atoms with Gasteiger partial charge in [0.2, 0.25) is 0 Å². The summed E-state index contributed by atoms with van der Waals surface area (Å²) in [7, 11) is 0. The molecule has 0 radical (unpaired) electrons. The Bertz CT molecular complexity index is 280. The van der Waals surface area contributed by atoms with Crippen LogP contribution in [-0.4, -0.2) is 17.6 Å². The zero-order valence-corrected chi connectivity index (χ0v) is 10.9. The van der Waals surface area contributed by atoms with Crippen molar-refractivity contribution in [2.45, 2.75) is 51.5 Å². The molecule has 3 heteroatoms. The monoisotopic (exact) mass is 238 g/mol. The van der Waals surface area contributed by atoms with Crippen molar-refractivity contribution in [2.24, 2.45) is 5.92 Å². The van der Waals surface area contributed by atoms with Gasteiger partial charge in [-0.3, -0.25) is 0 Å². The van der Waals surface area contributed by atoms with Crippen LogP contribution in [0.2, 0.25) is 0 Å². The summed E-state index contributed by atoms with van der Waals surface area (Å²) >= 11 is 1.78. The molecule has 2 nitrogen and oxygen atoms in total. The molecule has 0 amide bonds. The van der Waals surface area contributed by atoms with Gasteiger partial charge in [0, 0.05) is 17.6 Å². The highest BCUT2D eigenvalue weighted by Gasteiger charge is 2.29. The number of rotatable bonds is 8. The standard InChI is InChI=1S/C13H22N2S/c1-2-8-14-12(11-6-7-11)4-3-5-13-15-9-10-16-13/h9-12,14H,2-8H2,1H3. The first kappa shape index (κ1) is 12.1. The van der Waals surface area contributed by atoms with E-state index in [2.05, 4.69) is 22.6 Å². The summed E-state index contributed by atoms with van der Waals surface area (Å²) in [6.07, 6.45) is 9.81. The fraction of sp³-hybridized carbons (Fsp3) is 0.769. The van der Waals surface area contributed by atoms with Crippen molar-refractivity contribution in [3.05, 3.63) is 16.6 Å². The van der Waals surface area contributed by atoms with Gasteiger partial charge in [-0.2, -0.15) is 0 Å². The second-order valence-corrected chi connectivity index (χ2v) is 5.70. The van der Waals surface area contributed by atoms with Gasteiger partial charge in [-0.05, 0) is 51.0 Å². The van der Waals surface area contributed by atoms with Crippen LogP contribution in [-0.2, 0) is 6.42 Å². The first-order valence-corrected chi connectivity index (χ1v) is 7.40. The van der Waals surface area contributed by atoms with Crippen molar-refractivity contribution in [1.29, 1.82) is 0 Å². The third-order valence-electron chi connectivity index (χ3n) is 3.24. The van der Waals surface area contributed by atoms with Crippen molar-refractivity contribution < 1.29 is 0 Å². The Balaban J connectivity index is 1.65. The Morgan fingerprint density at radius 3 is 3.06 bits per heavy atom. The van der Waals surface area contributed by atoms with Gasteiger partial charge in [0.1, 0.15) is 0 Å². The SMILES string of the molecule is CCCNC(CCCc1nccs1)C1CC1. The van der Waals surface area contributed by atoms with Crippen LogP contribution < -0.4 is 5.32 Å². The molecule has 16 heavy (non-hydrogen) atoms.